The van der Waals surface area contributed by atoms with Crippen molar-refractivity contribution in [2.75, 3.05) is 26.0 Å². The molecule has 0 spiro atoms. The summed E-state index contributed by atoms with van der Waals surface area (Å²) in [7, 11) is 1.48. The van der Waals surface area contributed by atoms with Gasteiger partial charge in [-0.1, -0.05) is 0 Å². The molecule has 21 heavy (non-hydrogen) atoms. The van der Waals surface area contributed by atoms with Crippen LogP contribution in [0.1, 0.15) is 31.1 Å². The Bertz CT molecular complexity index is 514. The number of hydrogen-bond donors (Lipinski definition) is 1. The number of nitrogen functional groups attached to an aromatic ring is 1. The van der Waals surface area contributed by atoms with E-state index in [9.17, 15) is 9.59 Å². The molecule has 1 amide bonds. The first-order chi connectivity index (χ1) is 9.90. The van der Waals surface area contributed by atoms with E-state index in [0.29, 0.717) is 17.0 Å². The second-order valence-electron chi connectivity index (χ2n) is 4.79. The van der Waals surface area contributed by atoms with Gasteiger partial charge in [-0.25, -0.2) is 0 Å². The lowest BCUT2D eigenvalue weighted by Gasteiger charge is -2.26. The molecule has 1 rings (SSSR count). The molecule has 6 nitrogen and oxygen atoms in total. The van der Waals surface area contributed by atoms with Crippen molar-refractivity contribution in [1.82, 2.24) is 4.90 Å². The van der Waals surface area contributed by atoms with Crippen molar-refractivity contribution in [3.63, 3.8) is 0 Å². The molecule has 0 unspecified atom stereocenters. The van der Waals surface area contributed by atoms with Crippen molar-refractivity contribution in [1.29, 1.82) is 0 Å². The Kier molecular flexibility index (Phi) is 6.02. The number of nitrogens with two attached hydrogens (primary N) is 1. The van der Waals surface area contributed by atoms with Crippen LogP contribution in [0.25, 0.3) is 0 Å². The summed E-state index contributed by atoms with van der Waals surface area (Å²) in [5, 5.41) is 0. The summed E-state index contributed by atoms with van der Waals surface area (Å²) in [4.78, 5) is 25.7. The molecule has 2 N–H and O–H groups in total. The molecule has 0 bridgehead atoms. The summed E-state index contributed by atoms with van der Waals surface area (Å²) in [6.07, 6.45) is 0. The van der Waals surface area contributed by atoms with Gasteiger partial charge in [0.15, 0.2) is 0 Å². The maximum absolute atomic E-state index is 12.6. The monoisotopic (exact) mass is 294 g/mol. The number of carbonyl (C=O) groups excluding carboxylic acids is 2. The molecule has 0 fully saturated rings. The number of anilines is 1. The van der Waals surface area contributed by atoms with E-state index in [0.717, 1.165) is 0 Å². The SMILES string of the molecule is CCOC(=O)CN(C(=O)c1cc(N)ccc1OC)C(C)C. The molecule has 0 atom stereocenters. The minimum Gasteiger partial charge on any atom is -0.496 e. The summed E-state index contributed by atoms with van der Waals surface area (Å²) in [5.41, 5.74) is 6.51. The summed E-state index contributed by atoms with van der Waals surface area (Å²) in [6, 6.07) is 4.67. The van der Waals surface area contributed by atoms with Crippen LogP contribution in [-0.4, -0.2) is 43.1 Å². The molecule has 0 aliphatic rings. The summed E-state index contributed by atoms with van der Waals surface area (Å²) in [5.74, 6) is -0.340. The molecule has 0 saturated heterocycles. The molecule has 0 aromatic heterocycles. The first-order valence-corrected chi connectivity index (χ1v) is 6.80. The number of hydrogen-bond acceptors (Lipinski definition) is 5. The fraction of sp³-hybridized carbons (Fsp3) is 0.467. The van der Waals surface area contributed by atoms with Crippen LogP contribution in [0.2, 0.25) is 0 Å². The quantitative estimate of drug-likeness (QED) is 0.638. The normalized spacial score (nSPS) is 10.3. The zero-order chi connectivity index (χ0) is 16.0. The molecule has 0 saturated carbocycles. The van der Waals surface area contributed by atoms with Crippen molar-refractivity contribution in [2.24, 2.45) is 0 Å². The zero-order valence-electron chi connectivity index (χ0n) is 12.9. The largest absolute Gasteiger partial charge is 0.496 e. The van der Waals surface area contributed by atoms with Crippen molar-refractivity contribution in [3.05, 3.63) is 23.8 Å². The highest BCUT2D eigenvalue weighted by atomic mass is 16.5. The summed E-state index contributed by atoms with van der Waals surface area (Å²) >= 11 is 0. The van der Waals surface area contributed by atoms with Gasteiger partial charge in [0.2, 0.25) is 0 Å². The van der Waals surface area contributed by atoms with Gasteiger partial charge in [-0.2, -0.15) is 0 Å². The average molecular weight is 294 g/mol. The fourth-order valence-corrected chi connectivity index (χ4v) is 1.88. The number of rotatable bonds is 6. The Labute approximate surface area is 124 Å². The van der Waals surface area contributed by atoms with Crippen LogP contribution in [0.4, 0.5) is 5.69 Å². The number of benzene rings is 1. The number of methoxy groups -OCH3 is 1. The third kappa shape index (κ3) is 4.37. The van der Waals surface area contributed by atoms with Gasteiger partial charge in [0.25, 0.3) is 5.91 Å². The third-order valence-electron chi connectivity index (χ3n) is 2.94. The Morgan fingerprint density at radius 1 is 1.33 bits per heavy atom. The van der Waals surface area contributed by atoms with E-state index in [1.165, 1.54) is 12.0 Å². The smallest absolute Gasteiger partial charge is 0.325 e. The van der Waals surface area contributed by atoms with Gasteiger partial charge in [0, 0.05) is 11.7 Å². The Hall–Kier alpha value is -2.24. The van der Waals surface area contributed by atoms with Crippen LogP contribution in [0.3, 0.4) is 0 Å². The highest BCUT2D eigenvalue weighted by molar-refractivity contribution is 5.99. The predicted octanol–water partition coefficient (Wildman–Crippen LogP) is 1.69. The van der Waals surface area contributed by atoms with Gasteiger partial charge in [0.05, 0.1) is 19.3 Å². The Morgan fingerprint density at radius 3 is 2.52 bits per heavy atom. The van der Waals surface area contributed by atoms with Crippen LogP contribution < -0.4 is 10.5 Å². The third-order valence-corrected chi connectivity index (χ3v) is 2.94. The number of amides is 1. The summed E-state index contributed by atoms with van der Waals surface area (Å²) < 4.78 is 10.1. The molecule has 1 aromatic rings. The van der Waals surface area contributed by atoms with Gasteiger partial charge >= 0.3 is 5.97 Å². The lowest BCUT2D eigenvalue weighted by atomic mass is 10.1. The van der Waals surface area contributed by atoms with Crippen molar-refractivity contribution in [3.8, 4) is 5.75 Å². The van der Waals surface area contributed by atoms with Crippen LogP contribution in [-0.2, 0) is 9.53 Å². The maximum Gasteiger partial charge on any atom is 0.325 e. The fourth-order valence-electron chi connectivity index (χ4n) is 1.88. The molecule has 0 radical (unpaired) electrons. The minimum absolute atomic E-state index is 0.109. The number of nitrogens with zero attached hydrogens (tertiary/aromatic N) is 1. The van der Waals surface area contributed by atoms with E-state index >= 15 is 0 Å². The van der Waals surface area contributed by atoms with E-state index in [2.05, 4.69) is 0 Å². The van der Waals surface area contributed by atoms with Crippen molar-refractivity contribution < 1.29 is 19.1 Å². The van der Waals surface area contributed by atoms with Crippen LogP contribution in [0.5, 0.6) is 5.75 Å². The van der Waals surface area contributed by atoms with E-state index < -0.39 is 5.97 Å². The van der Waals surface area contributed by atoms with Crippen molar-refractivity contribution >= 4 is 17.6 Å². The molecule has 0 aliphatic carbocycles. The van der Waals surface area contributed by atoms with Gasteiger partial charge in [0.1, 0.15) is 12.3 Å². The van der Waals surface area contributed by atoms with Gasteiger partial charge in [-0.15, -0.1) is 0 Å². The lowest BCUT2D eigenvalue weighted by Crippen LogP contribution is -2.41. The van der Waals surface area contributed by atoms with Crippen LogP contribution in [0.15, 0.2) is 18.2 Å². The highest BCUT2D eigenvalue weighted by Crippen LogP contribution is 2.23. The number of esters is 1. The van der Waals surface area contributed by atoms with E-state index in [1.807, 2.05) is 13.8 Å². The van der Waals surface area contributed by atoms with Crippen molar-refractivity contribution in [2.45, 2.75) is 26.8 Å². The lowest BCUT2D eigenvalue weighted by molar-refractivity contribution is -0.144. The zero-order valence-corrected chi connectivity index (χ0v) is 12.9. The second-order valence-corrected chi connectivity index (χ2v) is 4.79. The van der Waals surface area contributed by atoms with E-state index in [1.54, 1.807) is 25.1 Å². The van der Waals surface area contributed by atoms with E-state index in [4.69, 9.17) is 15.2 Å². The molecular formula is C15H22N2O4. The Morgan fingerprint density at radius 2 is 2.00 bits per heavy atom. The number of ether oxygens (including phenoxy) is 2. The van der Waals surface area contributed by atoms with Crippen LogP contribution >= 0.6 is 0 Å². The maximum atomic E-state index is 12.6. The highest BCUT2D eigenvalue weighted by Gasteiger charge is 2.24. The van der Waals surface area contributed by atoms with Gasteiger partial charge < -0.3 is 20.1 Å². The van der Waals surface area contributed by atoms with E-state index in [-0.39, 0.29) is 25.1 Å². The predicted molar refractivity (Wildman–Crippen MR) is 80.2 cm³/mol. The molecule has 0 heterocycles. The molecule has 0 aliphatic heterocycles. The minimum atomic E-state index is -0.442. The second kappa shape index (κ2) is 7.52. The molecule has 116 valence electrons. The van der Waals surface area contributed by atoms with Gasteiger partial charge in [-0.3, -0.25) is 9.59 Å². The number of carbonyl (C=O) groups is 2. The van der Waals surface area contributed by atoms with Crippen LogP contribution in [0, 0.1) is 0 Å². The molecule has 1 aromatic carbocycles. The first kappa shape index (κ1) is 16.8. The standard InChI is InChI=1S/C15H22N2O4/c1-5-21-14(18)9-17(10(2)3)15(19)12-8-11(16)6-7-13(12)20-4/h6-8,10H,5,9,16H2,1-4H3. The topological polar surface area (TPSA) is 81.9 Å². The molecule has 6 heteroatoms. The van der Waals surface area contributed by atoms with Gasteiger partial charge in [-0.05, 0) is 39.0 Å². The molecular weight excluding hydrogens is 272 g/mol. The first-order valence-electron chi connectivity index (χ1n) is 6.80. The summed E-state index contributed by atoms with van der Waals surface area (Å²) in [6.45, 7) is 5.55. The Balaban J connectivity index is 3.06. The average Bonchev–Trinajstić information content (AvgIpc) is 2.44.